The van der Waals surface area contributed by atoms with E-state index in [0.29, 0.717) is 31.8 Å². The molecule has 0 amide bonds. The molecule has 0 radical (unpaired) electrons. The normalized spacial score (nSPS) is 32.0. The smallest absolute Gasteiger partial charge is 0.323 e. The Bertz CT molecular complexity index is 1180. The first-order valence-corrected chi connectivity index (χ1v) is 18.0. The standard InChI is InChI=1S/C38H61NO10/c1-10-23(2)34(47-29(8)41)35-27(6)32(46-28(7)40)20-38(9,49-35)45-22-33-25(4)24(3)26(5)37(48-33)43-19-15-14-18-31(39)36(42)44-21-30-16-12-11-13-17-30/h11-13,16-17,23-27,31-35,37H,10,14-15,18-22,39H2,1-9H3/t23-,24+,25-,26?,27-,31+,32+,33?,34-,35?,37-,38+/m1/s1. The lowest BCUT2D eigenvalue weighted by Gasteiger charge is -2.49. The van der Waals surface area contributed by atoms with E-state index in [2.05, 4.69) is 20.8 Å². The molecular weight excluding hydrogens is 630 g/mol. The lowest BCUT2D eigenvalue weighted by Crippen LogP contribution is -2.58. The second kappa shape index (κ2) is 19.2. The van der Waals surface area contributed by atoms with E-state index in [-0.39, 0.29) is 54.9 Å². The molecule has 1 aromatic rings. The molecule has 2 N–H and O–H groups in total. The summed E-state index contributed by atoms with van der Waals surface area (Å²) in [4.78, 5) is 36.5. The van der Waals surface area contributed by atoms with Gasteiger partial charge in [-0.2, -0.15) is 0 Å². The Hall–Kier alpha value is -2.57. The number of carbonyl (C=O) groups is 3. The quantitative estimate of drug-likeness (QED) is 0.118. The molecule has 0 aromatic heterocycles. The van der Waals surface area contributed by atoms with E-state index in [9.17, 15) is 14.4 Å². The molecule has 11 nitrogen and oxygen atoms in total. The molecule has 2 aliphatic heterocycles. The highest BCUT2D eigenvalue weighted by Crippen LogP contribution is 2.41. The van der Waals surface area contributed by atoms with Gasteiger partial charge in [-0.25, -0.2) is 0 Å². The van der Waals surface area contributed by atoms with E-state index in [4.69, 9.17) is 38.9 Å². The third kappa shape index (κ3) is 12.0. The number of benzene rings is 1. The molecule has 11 heteroatoms. The van der Waals surface area contributed by atoms with Crippen LogP contribution in [0.15, 0.2) is 30.3 Å². The third-order valence-electron chi connectivity index (χ3n) is 10.5. The number of esters is 3. The SMILES string of the molecule is CC[C@@H](C)[C@@H](OC(C)=O)C1O[C@](C)(OCC2O[C@@H](OCCCC[C@H](N)C(=O)OCc3ccccc3)C(C)[C@@H](C)[C@H]2C)C[C@H](OC(C)=O)[C@H]1C. The highest BCUT2D eigenvalue weighted by Gasteiger charge is 2.50. The van der Waals surface area contributed by atoms with Crippen LogP contribution < -0.4 is 5.73 Å². The molecule has 0 aliphatic carbocycles. The summed E-state index contributed by atoms with van der Waals surface area (Å²) in [5.41, 5.74) is 7.00. The predicted molar refractivity (Wildman–Crippen MR) is 184 cm³/mol. The van der Waals surface area contributed by atoms with Gasteiger partial charge < -0.3 is 38.9 Å². The highest BCUT2D eigenvalue weighted by molar-refractivity contribution is 5.75. The zero-order valence-electron chi connectivity index (χ0n) is 31.1. The number of rotatable bonds is 17. The van der Waals surface area contributed by atoms with E-state index in [1.807, 2.05) is 58.0 Å². The van der Waals surface area contributed by atoms with Crippen molar-refractivity contribution in [2.24, 2.45) is 35.3 Å². The first kappa shape index (κ1) is 40.9. The van der Waals surface area contributed by atoms with Crippen LogP contribution in [0, 0.1) is 29.6 Å². The van der Waals surface area contributed by atoms with Gasteiger partial charge >= 0.3 is 17.9 Å². The van der Waals surface area contributed by atoms with Crippen LogP contribution in [0.25, 0.3) is 0 Å². The molecule has 278 valence electrons. The van der Waals surface area contributed by atoms with Gasteiger partial charge in [-0.05, 0) is 55.9 Å². The van der Waals surface area contributed by atoms with E-state index in [1.165, 1.54) is 13.8 Å². The summed E-state index contributed by atoms with van der Waals surface area (Å²) < 4.78 is 42.8. The van der Waals surface area contributed by atoms with E-state index in [0.717, 1.165) is 18.4 Å². The summed E-state index contributed by atoms with van der Waals surface area (Å²) in [6.45, 7) is 18.0. The van der Waals surface area contributed by atoms with E-state index in [1.54, 1.807) is 0 Å². The van der Waals surface area contributed by atoms with Crippen molar-refractivity contribution in [3.05, 3.63) is 35.9 Å². The molecule has 3 unspecified atom stereocenters. The van der Waals surface area contributed by atoms with Gasteiger partial charge in [-0.3, -0.25) is 14.4 Å². The van der Waals surface area contributed by atoms with Crippen LogP contribution >= 0.6 is 0 Å². The van der Waals surface area contributed by atoms with Gasteiger partial charge in [-0.1, -0.05) is 71.9 Å². The fourth-order valence-corrected chi connectivity index (χ4v) is 6.70. The summed E-state index contributed by atoms with van der Waals surface area (Å²) in [5.74, 6) is -1.88. The largest absolute Gasteiger partial charge is 0.462 e. The summed E-state index contributed by atoms with van der Waals surface area (Å²) in [5, 5.41) is 0. The number of unbranched alkanes of at least 4 members (excludes halogenated alkanes) is 1. The van der Waals surface area contributed by atoms with Crippen LogP contribution in [0.4, 0.5) is 0 Å². The van der Waals surface area contributed by atoms with Crippen molar-refractivity contribution in [1.82, 2.24) is 0 Å². The maximum Gasteiger partial charge on any atom is 0.323 e. The van der Waals surface area contributed by atoms with Crippen LogP contribution in [-0.2, 0) is 54.1 Å². The van der Waals surface area contributed by atoms with Gasteiger partial charge in [0.15, 0.2) is 12.1 Å². The molecule has 12 atom stereocenters. The number of hydrogen-bond acceptors (Lipinski definition) is 11. The summed E-state index contributed by atoms with van der Waals surface area (Å²) in [7, 11) is 0. The number of carbonyl (C=O) groups excluding carboxylic acids is 3. The van der Waals surface area contributed by atoms with Gasteiger partial charge in [0, 0.05) is 38.7 Å². The van der Waals surface area contributed by atoms with Gasteiger partial charge in [0.05, 0.1) is 12.7 Å². The highest BCUT2D eigenvalue weighted by atomic mass is 16.7. The first-order chi connectivity index (χ1) is 23.2. The minimum absolute atomic E-state index is 0.0165. The molecule has 2 heterocycles. The maximum atomic E-state index is 12.3. The van der Waals surface area contributed by atoms with Crippen LogP contribution in [0.5, 0.6) is 0 Å². The Morgan fingerprint density at radius 1 is 0.980 bits per heavy atom. The Morgan fingerprint density at radius 2 is 1.67 bits per heavy atom. The monoisotopic (exact) mass is 691 g/mol. The molecule has 0 spiro atoms. The molecule has 2 fully saturated rings. The summed E-state index contributed by atoms with van der Waals surface area (Å²) in [6, 6.07) is 8.84. The van der Waals surface area contributed by atoms with Crippen molar-refractivity contribution in [2.75, 3.05) is 13.2 Å². The average Bonchev–Trinajstić information content (AvgIpc) is 3.06. The van der Waals surface area contributed by atoms with Crippen molar-refractivity contribution < 1.29 is 47.5 Å². The molecule has 2 aliphatic rings. The zero-order chi connectivity index (χ0) is 36.3. The molecule has 0 bridgehead atoms. The Balaban J connectivity index is 1.56. The first-order valence-electron chi connectivity index (χ1n) is 18.0. The molecule has 3 rings (SSSR count). The van der Waals surface area contributed by atoms with E-state index < -0.39 is 42.4 Å². The number of ether oxygens (including phenoxy) is 7. The van der Waals surface area contributed by atoms with Crippen LogP contribution in [-0.4, -0.2) is 73.7 Å². The van der Waals surface area contributed by atoms with Gasteiger partial charge in [-0.15, -0.1) is 0 Å². The topological polar surface area (TPSA) is 142 Å². The minimum Gasteiger partial charge on any atom is -0.462 e. The molecule has 49 heavy (non-hydrogen) atoms. The van der Waals surface area contributed by atoms with Crippen LogP contribution in [0.1, 0.15) is 100.0 Å². The average molecular weight is 692 g/mol. The summed E-state index contributed by atoms with van der Waals surface area (Å²) >= 11 is 0. The van der Waals surface area contributed by atoms with Crippen LogP contribution in [0.2, 0.25) is 0 Å². The van der Waals surface area contributed by atoms with Crippen molar-refractivity contribution in [1.29, 1.82) is 0 Å². The fourth-order valence-electron chi connectivity index (χ4n) is 6.70. The molecule has 0 saturated carbocycles. The predicted octanol–water partition coefficient (Wildman–Crippen LogP) is 5.94. The third-order valence-corrected chi connectivity index (χ3v) is 10.5. The maximum absolute atomic E-state index is 12.3. The molecule has 2 saturated heterocycles. The minimum atomic E-state index is -1.12. The van der Waals surface area contributed by atoms with Gasteiger partial charge in [0.25, 0.3) is 0 Å². The Labute approximate surface area is 293 Å². The Kier molecular flexibility index (Phi) is 16.0. The lowest BCUT2D eigenvalue weighted by atomic mass is 9.79. The molecular formula is C38H61NO10. The summed E-state index contributed by atoms with van der Waals surface area (Å²) in [6.07, 6.45) is 0.790. The number of hydrogen-bond donors (Lipinski definition) is 1. The van der Waals surface area contributed by atoms with E-state index >= 15 is 0 Å². The zero-order valence-corrected chi connectivity index (χ0v) is 31.1. The van der Waals surface area contributed by atoms with Crippen molar-refractivity contribution >= 4 is 17.9 Å². The van der Waals surface area contributed by atoms with Gasteiger partial charge in [0.1, 0.15) is 31.0 Å². The second-order valence-electron chi connectivity index (χ2n) is 14.4. The second-order valence-corrected chi connectivity index (χ2v) is 14.4. The lowest BCUT2D eigenvalue weighted by molar-refractivity contribution is -0.334. The molecule has 1 aromatic carbocycles. The van der Waals surface area contributed by atoms with Crippen molar-refractivity contribution in [2.45, 2.75) is 144 Å². The number of nitrogens with two attached hydrogens (primary N) is 1. The van der Waals surface area contributed by atoms with Crippen LogP contribution in [0.3, 0.4) is 0 Å². The van der Waals surface area contributed by atoms with Crippen molar-refractivity contribution in [3.8, 4) is 0 Å². The van der Waals surface area contributed by atoms with Gasteiger partial charge in [0.2, 0.25) is 0 Å². The van der Waals surface area contributed by atoms with Crippen molar-refractivity contribution in [3.63, 3.8) is 0 Å². The Morgan fingerprint density at radius 3 is 2.31 bits per heavy atom. The fraction of sp³-hybridized carbons (Fsp3) is 0.763.